The zero-order chi connectivity index (χ0) is 16.1. The molecule has 0 aromatic carbocycles. The first-order chi connectivity index (χ1) is 10.0. The molecule has 124 valence electrons. The van der Waals surface area contributed by atoms with Gasteiger partial charge >= 0.3 is 137 Å². The second-order valence-electron chi connectivity index (χ2n) is 6.28. The third-order valence-electron chi connectivity index (χ3n) is 4.49. The van der Waals surface area contributed by atoms with Crippen LogP contribution in [0.5, 0.6) is 0 Å². The minimum absolute atomic E-state index is 0.167. The zero-order valence-corrected chi connectivity index (χ0v) is 17.7. The van der Waals surface area contributed by atoms with Gasteiger partial charge in [-0.05, 0) is 0 Å². The van der Waals surface area contributed by atoms with E-state index in [1.54, 1.807) is 0 Å². The molecule has 0 saturated heterocycles. The molecule has 0 spiro atoms. The molecule has 2 nitrogen and oxygen atoms in total. The van der Waals surface area contributed by atoms with Crippen molar-refractivity contribution in [2.45, 2.75) is 86.0 Å². The van der Waals surface area contributed by atoms with Gasteiger partial charge in [0, 0.05) is 0 Å². The Morgan fingerprint density at radius 1 is 0.952 bits per heavy atom. The third kappa shape index (κ3) is 8.90. The Bertz CT molecular complexity index is 278. The van der Waals surface area contributed by atoms with E-state index in [0.717, 1.165) is 6.42 Å². The van der Waals surface area contributed by atoms with Crippen LogP contribution in [0.4, 0.5) is 0 Å². The zero-order valence-electron chi connectivity index (χ0n) is 14.8. The summed E-state index contributed by atoms with van der Waals surface area (Å²) in [5, 5.41) is 0. The van der Waals surface area contributed by atoms with Crippen LogP contribution in [0.1, 0.15) is 72.6 Å². The van der Waals surface area contributed by atoms with Gasteiger partial charge in [-0.25, -0.2) is 0 Å². The van der Waals surface area contributed by atoms with E-state index in [1.165, 1.54) is 62.3 Å². The van der Waals surface area contributed by atoms with Crippen LogP contribution >= 0.6 is 0 Å². The molecule has 0 saturated carbocycles. The minimum atomic E-state index is -2.28. The number of esters is 1. The summed E-state index contributed by atoms with van der Waals surface area (Å²) in [4.78, 5) is 11.0. The third-order valence-corrected chi connectivity index (χ3v) is 20.7. The van der Waals surface area contributed by atoms with Gasteiger partial charge in [-0.1, -0.05) is 0 Å². The van der Waals surface area contributed by atoms with Crippen molar-refractivity contribution < 1.29 is 9.53 Å². The van der Waals surface area contributed by atoms with Crippen LogP contribution in [0.2, 0.25) is 13.3 Å². The molecule has 0 aromatic rings. The number of ether oxygens (including phenoxy) is 1. The summed E-state index contributed by atoms with van der Waals surface area (Å²) in [6.45, 7) is 13.4. The Morgan fingerprint density at radius 2 is 1.38 bits per heavy atom. The monoisotopic (exact) mass is 404 g/mol. The molecule has 0 rings (SSSR count). The molecule has 3 heteroatoms. The molecule has 0 atom stereocenters. The average Bonchev–Trinajstić information content (AvgIpc) is 2.46. The van der Waals surface area contributed by atoms with E-state index in [0.29, 0.717) is 6.61 Å². The quantitative estimate of drug-likeness (QED) is 0.283. The van der Waals surface area contributed by atoms with Crippen molar-refractivity contribution in [3.05, 3.63) is 10.2 Å². The van der Waals surface area contributed by atoms with Gasteiger partial charge in [0.2, 0.25) is 0 Å². The van der Waals surface area contributed by atoms with Crippen molar-refractivity contribution in [2.75, 3.05) is 6.61 Å². The number of hydrogen-bond acceptors (Lipinski definition) is 2. The second kappa shape index (κ2) is 12.5. The van der Waals surface area contributed by atoms with Crippen molar-refractivity contribution in [1.82, 2.24) is 0 Å². The van der Waals surface area contributed by atoms with Crippen LogP contribution in [-0.4, -0.2) is 31.0 Å². The number of carbonyl (C=O) groups is 1. The molecule has 0 aliphatic rings. The van der Waals surface area contributed by atoms with Crippen molar-refractivity contribution in [2.24, 2.45) is 0 Å². The van der Waals surface area contributed by atoms with Crippen molar-refractivity contribution in [1.29, 1.82) is 0 Å². The van der Waals surface area contributed by atoms with Gasteiger partial charge in [0.05, 0.1) is 0 Å². The Hall–Kier alpha value is 0.00870. The molecule has 0 aliphatic heterocycles. The second-order valence-corrected chi connectivity index (χ2v) is 19.9. The van der Waals surface area contributed by atoms with E-state index in [-0.39, 0.29) is 5.97 Å². The molecule has 0 aliphatic carbocycles. The van der Waals surface area contributed by atoms with Crippen molar-refractivity contribution in [3.63, 3.8) is 0 Å². The van der Waals surface area contributed by atoms with Gasteiger partial charge in [-0.2, -0.15) is 0 Å². The van der Waals surface area contributed by atoms with Crippen LogP contribution in [0, 0.1) is 0 Å². The molecule has 0 amide bonds. The van der Waals surface area contributed by atoms with Crippen LogP contribution in [0.25, 0.3) is 0 Å². The van der Waals surface area contributed by atoms with Gasteiger partial charge in [-0.15, -0.1) is 0 Å². The van der Waals surface area contributed by atoms with Crippen molar-refractivity contribution in [3.8, 4) is 0 Å². The molecular formula is C18H36O2Sn. The molecule has 0 heterocycles. The summed E-state index contributed by atoms with van der Waals surface area (Å²) in [5.41, 5.74) is 0. The Kier molecular flexibility index (Phi) is 12.5. The molecule has 0 fully saturated rings. The summed E-state index contributed by atoms with van der Waals surface area (Å²) < 4.78 is 11.0. The van der Waals surface area contributed by atoms with E-state index in [1.807, 2.05) is 0 Å². The first-order valence-electron chi connectivity index (χ1n) is 8.84. The van der Waals surface area contributed by atoms with E-state index in [4.69, 9.17) is 4.74 Å². The fourth-order valence-electron chi connectivity index (χ4n) is 3.03. The van der Waals surface area contributed by atoms with Gasteiger partial charge in [0.1, 0.15) is 0 Å². The molecular weight excluding hydrogens is 367 g/mol. The van der Waals surface area contributed by atoms with E-state index in [9.17, 15) is 4.79 Å². The molecule has 0 bridgehead atoms. The Morgan fingerprint density at radius 3 is 1.71 bits per heavy atom. The molecule has 0 unspecified atom stereocenters. The molecule has 0 aromatic heterocycles. The summed E-state index contributed by atoms with van der Waals surface area (Å²) >= 11 is -2.28. The normalized spacial score (nSPS) is 11.4. The van der Waals surface area contributed by atoms with Gasteiger partial charge < -0.3 is 0 Å². The summed E-state index contributed by atoms with van der Waals surface area (Å²) in [6.07, 6.45) is 8.84. The predicted octanol–water partition coefficient (Wildman–Crippen LogP) is 5.88. The van der Waals surface area contributed by atoms with E-state index < -0.39 is 18.4 Å². The number of rotatable bonds is 13. The van der Waals surface area contributed by atoms with Gasteiger partial charge in [0.15, 0.2) is 0 Å². The van der Waals surface area contributed by atoms with E-state index in [2.05, 4.69) is 27.4 Å². The van der Waals surface area contributed by atoms with Crippen LogP contribution < -0.4 is 0 Å². The average molecular weight is 403 g/mol. The van der Waals surface area contributed by atoms with Crippen LogP contribution in [0.3, 0.4) is 0 Å². The topological polar surface area (TPSA) is 26.3 Å². The maximum absolute atomic E-state index is 11.0. The SMILES string of the molecule is C=[C](CCOC(C)=O)[Sn]([CH2]CCC)([CH2]CCC)[CH2]CCC. The van der Waals surface area contributed by atoms with Crippen LogP contribution in [-0.2, 0) is 9.53 Å². The number of hydrogen-bond donors (Lipinski definition) is 0. The first-order valence-corrected chi connectivity index (χ1v) is 16.3. The Labute approximate surface area is 136 Å². The molecule has 21 heavy (non-hydrogen) atoms. The Balaban J connectivity index is 4.82. The van der Waals surface area contributed by atoms with Gasteiger partial charge in [0.25, 0.3) is 0 Å². The summed E-state index contributed by atoms with van der Waals surface area (Å²) in [5.74, 6) is -0.167. The summed E-state index contributed by atoms with van der Waals surface area (Å²) in [7, 11) is 0. The number of carbonyl (C=O) groups excluding carboxylic acids is 1. The van der Waals surface area contributed by atoms with Gasteiger partial charge in [-0.3, -0.25) is 0 Å². The standard InChI is InChI=1S/C6H9O2.3C4H9.Sn/c1-3-4-5-8-6(2)7;3*1-3-4-2;/h1,4-5H2,2H3;3*1,3-4H2,2H3;. The summed E-state index contributed by atoms with van der Waals surface area (Å²) in [6, 6.07) is 0. The fourth-order valence-corrected chi connectivity index (χ4v) is 18.8. The molecule has 0 N–H and O–H groups in total. The van der Waals surface area contributed by atoms with E-state index >= 15 is 0 Å². The first kappa shape index (κ1) is 21.0. The molecule has 0 radical (unpaired) electrons. The van der Waals surface area contributed by atoms with Crippen molar-refractivity contribution >= 4 is 24.3 Å². The fraction of sp³-hybridized carbons (Fsp3) is 0.833. The number of unbranched alkanes of at least 4 members (excludes halogenated alkanes) is 3. The maximum atomic E-state index is 11.0. The van der Waals surface area contributed by atoms with Crippen LogP contribution in [0.15, 0.2) is 10.2 Å². The predicted molar refractivity (Wildman–Crippen MR) is 95.3 cm³/mol.